The fourth-order valence-electron chi connectivity index (χ4n) is 2.78. The third-order valence-electron chi connectivity index (χ3n) is 4.08. The number of nitrogens with one attached hydrogen (secondary N) is 2. The van der Waals surface area contributed by atoms with Crippen molar-refractivity contribution in [3.63, 3.8) is 0 Å². The highest BCUT2D eigenvalue weighted by Gasteiger charge is 2.09. The molecule has 0 saturated carbocycles. The van der Waals surface area contributed by atoms with Crippen LogP contribution in [0.25, 0.3) is 0 Å². The molecule has 1 aromatic heterocycles. The van der Waals surface area contributed by atoms with E-state index < -0.39 is 0 Å². The van der Waals surface area contributed by atoms with E-state index in [-0.39, 0.29) is 5.91 Å². The molecule has 3 rings (SSSR count). The van der Waals surface area contributed by atoms with Gasteiger partial charge in [0.05, 0.1) is 12.4 Å². The minimum absolute atomic E-state index is 0.237. The molecule has 0 aliphatic heterocycles. The van der Waals surface area contributed by atoms with Crippen LogP contribution in [0, 0.1) is 20.8 Å². The van der Waals surface area contributed by atoms with Crippen LogP contribution in [0.4, 0.5) is 11.5 Å². The van der Waals surface area contributed by atoms with Gasteiger partial charge in [0.15, 0.2) is 0 Å². The summed E-state index contributed by atoms with van der Waals surface area (Å²) >= 11 is 0. The van der Waals surface area contributed by atoms with Gasteiger partial charge in [-0.15, -0.1) is 0 Å². The van der Waals surface area contributed by atoms with Crippen molar-refractivity contribution in [3.05, 3.63) is 82.8 Å². The Bertz CT molecular complexity index is 899. The Balaban J connectivity index is 1.63. The van der Waals surface area contributed by atoms with Crippen LogP contribution >= 0.6 is 0 Å². The highest BCUT2D eigenvalue weighted by atomic mass is 16.1. The number of aromatic nitrogens is 2. The quantitative estimate of drug-likeness (QED) is 0.731. The molecule has 0 aliphatic rings. The van der Waals surface area contributed by atoms with E-state index in [1.54, 1.807) is 6.20 Å². The molecule has 0 aliphatic carbocycles. The molecule has 0 spiro atoms. The zero-order chi connectivity index (χ0) is 18.5. The van der Waals surface area contributed by atoms with Gasteiger partial charge in [-0.1, -0.05) is 30.3 Å². The summed E-state index contributed by atoms with van der Waals surface area (Å²) in [6.07, 6.45) is 3.05. The zero-order valence-corrected chi connectivity index (χ0v) is 15.2. The number of amides is 1. The molecular weight excluding hydrogens is 324 g/mol. The van der Waals surface area contributed by atoms with Gasteiger partial charge in [-0.2, -0.15) is 0 Å². The Hall–Kier alpha value is -3.21. The third kappa shape index (κ3) is 4.45. The first-order valence-electron chi connectivity index (χ1n) is 8.51. The van der Waals surface area contributed by atoms with Gasteiger partial charge >= 0.3 is 0 Å². The van der Waals surface area contributed by atoms with Crippen LogP contribution in [0.1, 0.15) is 32.7 Å². The number of carbonyl (C=O) groups excluding carboxylic acids is 1. The summed E-state index contributed by atoms with van der Waals surface area (Å²) in [5, 5.41) is 6.09. The Labute approximate surface area is 153 Å². The number of hydrogen-bond acceptors (Lipinski definition) is 4. The Morgan fingerprint density at radius 2 is 1.69 bits per heavy atom. The molecule has 2 aromatic carbocycles. The summed E-state index contributed by atoms with van der Waals surface area (Å²) in [7, 11) is 0. The number of anilines is 2. The van der Waals surface area contributed by atoms with Crippen molar-refractivity contribution in [1.29, 1.82) is 0 Å². The molecule has 132 valence electrons. The van der Waals surface area contributed by atoms with Crippen molar-refractivity contribution in [3.8, 4) is 0 Å². The molecule has 5 nitrogen and oxygen atoms in total. The van der Waals surface area contributed by atoms with Crippen molar-refractivity contribution in [2.24, 2.45) is 0 Å². The number of nitrogens with zero attached hydrogens (tertiary/aromatic N) is 2. The predicted molar refractivity (Wildman–Crippen MR) is 104 cm³/mol. The van der Waals surface area contributed by atoms with Crippen LogP contribution in [0.5, 0.6) is 0 Å². The lowest BCUT2D eigenvalue weighted by Gasteiger charge is -2.09. The summed E-state index contributed by atoms with van der Waals surface area (Å²) in [6.45, 7) is 6.59. The number of aryl methyl sites for hydroxylation is 3. The molecule has 0 atom stereocenters. The van der Waals surface area contributed by atoms with Gasteiger partial charge in [-0.3, -0.25) is 4.79 Å². The van der Waals surface area contributed by atoms with Gasteiger partial charge in [0.1, 0.15) is 11.5 Å². The minimum atomic E-state index is -0.237. The average molecular weight is 346 g/mol. The number of hydrogen-bond donors (Lipinski definition) is 2. The van der Waals surface area contributed by atoms with Gasteiger partial charge in [0.25, 0.3) is 5.91 Å². The number of benzene rings is 2. The molecule has 3 aromatic rings. The lowest BCUT2D eigenvalue weighted by atomic mass is 10.1. The molecule has 0 bridgehead atoms. The van der Waals surface area contributed by atoms with E-state index in [1.807, 2.05) is 57.2 Å². The number of carbonyl (C=O) groups is 1. The monoisotopic (exact) mass is 346 g/mol. The van der Waals surface area contributed by atoms with Gasteiger partial charge in [-0.25, -0.2) is 9.97 Å². The lowest BCUT2D eigenvalue weighted by Crippen LogP contribution is -2.24. The molecule has 2 N–H and O–H groups in total. The summed E-state index contributed by atoms with van der Waals surface area (Å²) in [5.41, 5.74) is 5.83. The van der Waals surface area contributed by atoms with Crippen molar-refractivity contribution >= 4 is 17.4 Å². The van der Waals surface area contributed by atoms with Gasteiger partial charge in [0, 0.05) is 12.2 Å². The smallest absolute Gasteiger partial charge is 0.271 e. The van der Waals surface area contributed by atoms with Crippen molar-refractivity contribution in [2.75, 3.05) is 5.32 Å². The molecule has 1 heterocycles. The first kappa shape index (κ1) is 17.6. The summed E-state index contributed by atoms with van der Waals surface area (Å²) in [4.78, 5) is 20.8. The fourth-order valence-corrected chi connectivity index (χ4v) is 2.78. The van der Waals surface area contributed by atoms with Crippen LogP contribution in [-0.2, 0) is 6.54 Å². The first-order valence-corrected chi connectivity index (χ1v) is 8.51. The van der Waals surface area contributed by atoms with E-state index >= 15 is 0 Å². The maximum Gasteiger partial charge on any atom is 0.271 e. The van der Waals surface area contributed by atoms with Crippen molar-refractivity contribution in [2.45, 2.75) is 27.3 Å². The fraction of sp³-hybridized carbons (Fsp3) is 0.190. The standard InChI is InChI=1S/C21H22N4O/c1-14-8-15(2)10-18(9-14)25-20-13-22-19(12-23-20)21(26)24-11-17-7-5-4-6-16(17)3/h4-10,12-13H,11H2,1-3H3,(H,23,25)(H,24,26). The average Bonchev–Trinajstić information content (AvgIpc) is 2.60. The van der Waals surface area contributed by atoms with Gasteiger partial charge in [0.2, 0.25) is 0 Å². The van der Waals surface area contributed by atoms with E-state index in [1.165, 1.54) is 17.3 Å². The van der Waals surface area contributed by atoms with Crippen molar-refractivity contribution < 1.29 is 4.79 Å². The van der Waals surface area contributed by atoms with E-state index in [2.05, 4.69) is 26.7 Å². The van der Waals surface area contributed by atoms with Gasteiger partial charge < -0.3 is 10.6 Å². The summed E-state index contributed by atoms with van der Waals surface area (Å²) in [6, 6.07) is 14.1. The van der Waals surface area contributed by atoms with Crippen LogP contribution in [-0.4, -0.2) is 15.9 Å². The normalized spacial score (nSPS) is 10.4. The number of rotatable bonds is 5. The third-order valence-corrected chi connectivity index (χ3v) is 4.08. The minimum Gasteiger partial charge on any atom is -0.347 e. The SMILES string of the molecule is Cc1cc(C)cc(Nc2cnc(C(=O)NCc3ccccc3C)cn2)c1. The van der Waals surface area contributed by atoms with Gasteiger partial charge in [-0.05, 0) is 55.2 Å². The molecular formula is C21H22N4O. The maximum atomic E-state index is 12.3. The zero-order valence-electron chi connectivity index (χ0n) is 15.2. The Morgan fingerprint density at radius 3 is 2.35 bits per heavy atom. The van der Waals surface area contributed by atoms with Crippen LogP contribution in [0.2, 0.25) is 0 Å². The molecule has 1 amide bonds. The van der Waals surface area contributed by atoms with E-state index in [4.69, 9.17) is 0 Å². The lowest BCUT2D eigenvalue weighted by molar-refractivity contribution is 0.0945. The van der Waals surface area contributed by atoms with E-state index in [0.29, 0.717) is 18.1 Å². The van der Waals surface area contributed by atoms with E-state index in [9.17, 15) is 4.79 Å². The van der Waals surface area contributed by atoms with E-state index in [0.717, 1.165) is 16.8 Å². The maximum absolute atomic E-state index is 12.3. The molecule has 0 fully saturated rings. The molecule has 0 saturated heterocycles. The second kappa shape index (κ2) is 7.78. The van der Waals surface area contributed by atoms with Crippen LogP contribution in [0.3, 0.4) is 0 Å². The molecule has 26 heavy (non-hydrogen) atoms. The second-order valence-electron chi connectivity index (χ2n) is 6.40. The summed E-state index contributed by atoms with van der Waals surface area (Å²) in [5.74, 6) is 0.365. The highest BCUT2D eigenvalue weighted by molar-refractivity contribution is 5.92. The molecule has 0 radical (unpaired) electrons. The van der Waals surface area contributed by atoms with Crippen molar-refractivity contribution in [1.82, 2.24) is 15.3 Å². The largest absolute Gasteiger partial charge is 0.347 e. The highest BCUT2D eigenvalue weighted by Crippen LogP contribution is 2.17. The molecule has 5 heteroatoms. The second-order valence-corrected chi connectivity index (χ2v) is 6.40. The first-order chi connectivity index (χ1) is 12.5. The summed E-state index contributed by atoms with van der Waals surface area (Å²) < 4.78 is 0. The van der Waals surface area contributed by atoms with Crippen LogP contribution in [0.15, 0.2) is 54.9 Å². The predicted octanol–water partition coefficient (Wildman–Crippen LogP) is 4.08. The van der Waals surface area contributed by atoms with Crippen LogP contribution < -0.4 is 10.6 Å². The Morgan fingerprint density at radius 1 is 0.962 bits per heavy atom. The Kier molecular flexibility index (Phi) is 5.27. The molecule has 0 unspecified atom stereocenters. The topological polar surface area (TPSA) is 66.9 Å².